The summed E-state index contributed by atoms with van der Waals surface area (Å²) in [4.78, 5) is 14.6. The number of nitriles is 1. The Bertz CT molecular complexity index is 867. The second-order valence-electron chi connectivity index (χ2n) is 6.51. The third-order valence-electron chi connectivity index (χ3n) is 4.61. The number of aryl methyl sites for hydroxylation is 1. The summed E-state index contributed by atoms with van der Waals surface area (Å²) in [5, 5.41) is 11.8. The van der Waals surface area contributed by atoms with Crippen molar-refractivity contribution in [3.05, 3.63) is 47.5 Å². The van der Waals surface area contributed by atoms with Crippen LogP contribution >= 0.6 is 0 Å². The first-order chi connectivity index (χ1) is 13.1. The molecule has 0 spiro atoms. The van der Waals surface area contributed by atoms with E-state index < -0.39 is 0 Å². The van der Waals surface area contributed by atoms with Gasteiger partial charge in [0, 0.05) is 30.5 Å². The van der Waals surface area contributed by atoms with Gasteiger partial charge in [0.2, 0.25) is 0 Å². The standard InChI is InChI=1S/C21H23N3O3/c1-15-11-17(24-9-3-4-10-24)6-7-18(15)23-21(25)14-27-19-8-5-16(13-22)12-20(19)26-2/h5-8,11-12H,3-4,9-10,14H2,1-2H3,(H,23,25). The van der Waals surface area contributed by atoms with Gasteiger partial charge < -0.3 is 19.7 Å². The quantitative estimate of drug-likeness (QED) is 0.848. The lowest BCUT2D eigenvalue weighted by Gasteiger charge is -2.19. The van der Waals surface area contributed by atoms with Crippen LogP contribution in [-0.2, 0) is 4.79 Å². The van der Waals surface area contributed by atoms with Gasteiger partial charge in [-0.25, -0.2) is 0 Å². The zero-order valence-corrected chi connectivity index (χ0v) is 15.6. The number of hydrogen-bond donors (Lipinski definition) is 1. The van der Waals surface area contributed by atoms with E-state index in [1.807, 2.05) is 25.1 Å². The molecule has 0 radical (unpaired) electrons. The van der Waals surface area contributed by atoms with E-state index >= 15 is 0 Å². The lowest BCUT2D eigenvalue weighted by molar-refractivity contribution is -0.118. The summed E-state index contributed by atoms with van der Waals surface area (Å²) in [6.45, 7) is 4.02. The third-order valence-corrected chi connectivity index (χ3v) is 4.61. The SMILES string of the molecule is COc1cc(C#N)ccc1OCC(=O)Nc1ccc(N2CCCC2)cc1C. The minimum atomic E-state index is -0.251. The number of anilines is 2. The summed E-state index contributed by atoms with van der Waals surface area (Å²) in [7, 11) is 1.49. The van der Waals surface area contributed by atoms with Crippen LogP contribution in [0.1, 0.15) is 24.0 Å². The zero-order valence-electron chi connectivity index (χ0n) is 15.6. The van der Waals surface area contributed by atoms with Crippen LogP contribution in [0.5, 0.6) is 11.5 Å². The summed E-state index contributed by atoms with van der Waals surface area (Å²) in [5.41, 5.74) is 3.46. The number of rotatable bonds is 6. The highest BCUT2D eigenvalue weighted by molar-refractivity contribution is 5.93. The topological polar surface area (TPSA) is 74.6 Å². The normalized spacial score (nSPS) is 13.1. The fourth-order valence-corrected chi connectivity index (χ4v) is 3.15. The van der Waals surface area contributed by atoms with Crippen LogP contribution in [0.4, 0.5) is 11.4 Å². The Morgan fingerprint density at radius 3 is 2.63 bits per heavy atom. The van der Waals surface area contributed by atoms with E-state index in [-0.39, 0.29) is 12.5 Å². The van der Waals surface area contributed by atoms with Gasteiger partial charge in [-0.15, -0.1) is 0 Å². The van der Waals surface area contributed by atoms with Crippen LogP contribution in [0.25, 0.3) is 0 Å². The van der Waals surface area contributed by atoms with Crippen molar-refractivity contribution in [1.29, 1.82) is 5.26 Å². The molecule has 1 heterocycles. The van der Waals surface area contributed by atoms with E-state index in [2.05, 4.69) is 16.3 Å². The first-order valence-corrected chi connectivity index (χ1v) is 8.97. The Morgan fingerprint density at radius 2 is 1.96 bits per heavy atom. The fourth-order valence-electron chi connectivity index (χ4n) is 3.15. The average molecular weight is 365 g/mol. The predicted octanol–water partition coefficient (Wildman–Crippen LogP) is 3.49. The zero-order chi connectivity index (χ0) is 19.2. The van der Waals surface area contributed by atoms with E-state index in [1.165, 1.54) is 25.6 Å². The number of nitrogens with zero attached hydrogens (tertiary/aromatic N) is 2. The number of amides is 1. The maximum atomic E-state index is 12.3. The van der Waals surface area contributed by atoms with E-state index in [0.717, 1.165) is 24.3 Å². The molecule has 140 valence electrons. The second-order valence-corrected chi connectivity index (χ2v) is 6.51. The molecule has 6 nitrogen and oxygen atoms in total. The second kappa shape index (κ2) is 8.45. The first-order valence-electron chi connectivity index (χ1n) is 8.97. The number of ether oxygens (including phenoxy) is 2. The fraction of sp³-hybridized carbons (Fsp3) is 0.333. The maximum absolute atomic E-state index is 12.3. The summed E-state index contributed by atoms with van der Waals surface area (Å²) in [5.74, 6) is 0.596. The molecule has 1 saturated heterocycles. The van der Waals surface area contributed by atoms with E-state index in [4.69, 9.17) is 14.7 Å². The molecule has 1 aliphatic rings. The molecular formula is C21H23N3O3. The van der Waals surface area contributed by atoms with Gasteiger partial charge in [-0.2, -0.15) is 5.26 Å². The highest BCUT2D eigenvalue weighted by Crippen LogP contribution is 2.28. The van der Waals surface area contributed by atoms with Gasteiger partial charge in [-0.3, -0.25) is 4.79 Å². The monoisotopic (exact) mass is 365 g/mol. The van der Waals surface area contributed by atoms with Crippen molar-refractivity contribution in [2.75, 3.05) is 37.0 Å². The van der Waals surface area contributed by atoms with Crippen LogP contribution in [0.2, 0.25) is 0 Å². The molecule has 1 amide bonds. The van der Waals surface area contributed by atoms with Crippen molar-refractivity contribution in [3.8, 4) is 17.6 Å². The Kier molecular flexibility index (Phi) is 5.82. The van der Waals surface area contributed by atoms with Gasteiger partial charge in [-0.05, 0) is 55.7 Å². The molecule has 27 heavy (non-hydrogen) atoms. The van der Waals surface area contributed by atoms with Crippen LogP contribution < -0.4 is 19.7 Å². The molecule has 2 aromatic rings. The molecule has 0 unspecified atom stereocenters. The summed E-state index contributed by atoms with van der Waals surface area (Å²) in [6, 6.07) is 12.9. The Balaban J connectivity index is 1.60. The van der Waals surface area contributed by atoms with Crippen LogP contribution in [0.15, 0.2) is 36.4 Å². The van der Waals surface area contributed by atoms with E-state index in [1.54, 1.807) is 18.2 Å². The smallest absolute Gasteiger partial charge is 0.262 e. The van der Waals surface area contributed by atoms with Gasteiger partial charge in [0.15, 0.2) is 18.1 Å². The summed E-state index contributed by atoms with van der Waals surface area (Å²) in [6.07, 6.45) is 2.46. The van der Waals surface area contributed by atoms with Crippen LogP contribution in [0, 0.1) is 18.3 Å². The van der Waals surface area contributed by atoms with E-state index in [9.17, 15) is 4.79 Å². The number of benzene rings is 2. The number of carbonyl (C=O) groups excluding carboxylic acids is 1. The molecule has 0 saturated carbocycles. The molecule has 1 fully saturated rings. The van der Waals surface area contributed by atoms with Gasteiger partial charge in [0.25, 0.3) is 5.91 Å². The third kappa shape index (κ3) is 4.50. The summed E-state index contributed by atoms with van der Waals surface area (Å²) >= 11 is 0. The minimum absolute atomic E-state index is 0.143. The number of nitrogens with one attached hydrogen (secondary N) is 1. The molecule has 2 aromatic carbocycles. The Morgan fingerprint density at radius 1 is 1.19 bits per heavy atom. The van der Waals surface area contributed by atoms with Crippen molar-refractivity contribution in [3.63, 3.8) is 0 Å². The van der Waals surface area contributed by atoms with Gasteiger partial charge in [0.05, 0.1) is 18.7 Å². The minimum Gasteiger partial charge on any atom is -0.493 e. The number of methoxy groups -OCH3 is 1. The van der Waals surface area contributed by atoms with Crippen molar-refractivity contribution in [2.24, 2.45) is 0 Å². The molecular weight excluding hydrogens is 342 g/mol. The number of carbonyl (C=O) groups is 1. The lowest BCUT2D eigenvalue weighted by atomic mass is 10.1. The average Bonchev–Trinajstić information content (AvgIpc) is 3.22. The van der Waals surface area contributed by atoms with E-state index in [0.29, 0.717) is 17.1 Å². The van der Waals surface area contributed by atoms with Crippen molar-refractivity contribution in [1.82, 2.24) is 0 Å². The molecule has 6 heteroatoms. The molecule has 0 aliphatic carbocycles. The molecule has 0 atom stereocenters. The van der Waals surface area contributed by atoms with Crippen LogP contribution in [0.3, 0.4) is 0 Å². The molecule has 0 aromatic heterocycles. The molecule has 0 bridgehead atoms. The molecule has 1 aliphatic heterocycles. The lowest BCUT2D eigenvalue weighted by Crippen LogP contribution is -2.21. The van der Waals surface area contributed by atoms with Crippen molar-refractivity contribution >= 4 is 17.3 Å². The molecule has 3 rings (SSSR count). The summed E-state index contributed by atoms with van der Waals surface area (Å²) < 4.78 is 10.8. The first kappa shape index (κ1) is 18.6. The maximum Gasteiger partial charge on any atom is 0.262 e. The van der Waals surface area contributed by atoms with Gasteiger partial charge in [-0.1, -0.05) is 0 Å². The van der Waals surface area contributed by atoms with Crippen LogP contribution in [-0.4, -0.2) is 32.7 Å². The highest BCUT2D eigenvalue weighted by Gasteiger charge is 2.14. The Labute approximate surface area is 159 Å². The number of hydrogen-bond acceptors (Lipinski definition) is 5. The molecule has 1 N–H and O–H groups in total. The predicted molar refractivity (Wildman–Crippen MR) is 104 cm³/mol. The van der Waals surface area contributed by atoms with Gasteiger partial charge >= 0.3 is 0 Å². The van der Waals surface area contributed by atoms with Gasteiger partial charge in [0.1, 0.15) is 0 Å². The van der Waals surface area contributed by atoms with Crippen molar-refractivity contribution < 1.29 is 14.3 Å². The van der Waals surface area contributed by atoms with Crippen molar-refractivity contribution in [2.45, 2.75) is 19.8 Å². The highest BCUT2D eigenvalue weighted by atomic mass is 16.5. The Hall–Kier alpha value is -3.20. The largest absolute Gasteiger partial charge is 0.493 e.